The molecular formula is C24H22N4O3. The predicted molar refractivity (Wildman–Crippen MR) is 116 cm³/mol. The van der Waals surface area contributed by atoms with Gasteiger partial charge in [-0.25, -0.2) is 10.1 Å². The van der Waals surface area contributed by atoms with Gasteiger partial charge in [-0.1, -0.05) is 18.2 Å². The number of benzene rings is 2. The Kier molecular flexibility index (Phi) is 3.84. The summed E-state index contributed by atoms with van der Waals surface area (Å²) in [6.07, 6.45) is 4.07. The van der Waals surface area contributed by atoms with E-state index in [4.69, 9.17) is 4.42 Å². The van der Waals surface area contributed by atoms with Crippen LogP contribution in [0.3, 0.4) is 0 Å². The molecule has 2 N–H and O–H groups in total. The third kappa shape index (κ3) is 2.95. The molecule has 31 heavy (non-hydrogen) atoms. The van der Waals surface area contributed by atoms with Crippen molar-refractivity contribution in [3.05, 3.63) is 70.0 Å². The van der Waals surface area contributed by atoms with Gasteiger partial charge in [0.25, 0.3) is 11.5 Å². The fourth-order valence-corrected chi connectivity index (χ4v) is 5.50. The van der Waals surface area contributed by atoms with Crippen molar-refractivity contribution < 1.29 is 9.21 Å². The second-order valence-electron chi connectivity index (χ2n) is 9.08. The molecule has 0 bridgehead atoms. The lowest BCUT2D eigenvalue weighted by Crippen LogP contribution is -2.55. The minimum atomic E-state index is -0.140. The Morgan fingerprint density at radius 1 is 1.13 bits per heavy atom. The zero-order chi connectivity index (χ0) is 21.2. The molecule has 1 amide bonds. The quantitative estimate of drug-likeness (QED) is 0.531. The monoisotopic (exact) mass is 414 g/mol. The highest BCUT2D eigenvalue weighted by molar-refractivity contribution is 5.97. The molecule has 2 aliphatic rings. The van der Waals surface area contributed by atoms with Gasteiger partial charge in [0.2, 0.25) is 0 Å². The van der Waals surface area contributed by atoms with Crippen molar-refractivity contribution in [2.75, 3.05) is 0 Å². The summed E-state index contributed by atoms with van der Waals surface area (Å²) in [5.41, 5.74) is 3.13. The summed E-state index contributed by atoms with van der Waals surface area (Å²) in [4.78, 5) is 29.0. The van der Waals surface area contributed by atoms with Gasteiger partial charge in [0.05, 0.1) is 11.1 Å². The van der Waals surface area contributed by atoms with Gasteiger partial charge < -0.3 is 9.73 Å². The Hall–Kier alpha value is -3.48. The molecule has 0 radical (unpaired) electrons. The van der Waals surface area contributed by atoms with Crippen LogP contribution in [-0.4, -0.2) is 27.1 Å². The number of fused-ring (bicyclic) bond motifs is 2. The second kappa shape index (κ2) is 6.51. The van der Waals surface area contributed by atoms with E-state index in [1.807, 2.05) is 30.3 Å². The Labute approximate surface area is 177 Å². The number of carbonyl (C=O) groups excluding carboxylic acids is 1. The molecule has 2 aliphatic carbocycles. The zero-order valence-electron chi connectivity index (χ0n) is 17.1. The maximum atomic E-state index is 12.7. The van der Waals surface area contributed by atoms with Crippen molar-refractivity contribution >= 4 is 27.8 Å². The van der Waals surface area contributed by atoms with E-state index in [0.717, 1.165) is 42.3 Å². The molecule has 1 spiro atoms. The minimum absolute atomic E-state index is 0.0695. The van der Waals surface area contributed by atoms with E-state index >= 15 is 0 Å². The van der Waals surface area contributed by atoms with Gasteiger partial charge in [-0.15, -0.1) is 0 Å². The number of nitrogens with one attached hydrogen (secondary N) is 2. The maximum absolute atomic E-state index is 12.7. The van der Waals surface area contributed by atoms with Crippen LogP contribution in [0.15, 0.2) is 51.7 Å². The highest BCUT2D eigenvalue weighted by Crippen LogP contribution is 2.62. The summed E-state index contributed by atoms with van der Waals surface area (Å²) in [6.45, 7) is 1.80. The smallest absolute Gasteiger partial charge is 0.272 e. The summed E-state index contributed by atoms with van der Waals surface area (Å²) < 4.78 is 5.54. The molecule has 0 unspecified atom stereocenters. The molecule has 156 valence electrons. The van der Waals surface area contributed by atoms with Gasteiger partial charge >= 0.3 is 0 Å². The average molecular weight is 414 g/mol. The third-order valence-corrected chi connectivity index (χ3v) is 6.92. The molecule has 0 aliphatic heterocycles. The number of oxazole rings is 1. The molecule has 2 fully saturated rings. The van der Waals surface area contributed by atoms with Gasteiger partial charge in [-0.05, 0) is 55.4 Å². The van der Waals surface area contributed by atoms with Gasteiger partial charge in [0.15, 0.2) is 11.5 Å². The van der Waals surface area contributed by atoms with Crippen LogP contribution >= 0.6 is 0 Å². The Balaban J connectivity index is 1.10. The molecule has 0 saturated heterocycles. The molecule has 2 aromatic carbocycles. The SMILES string of the molecule is Cc1nc2ccc(C(=O)NC3CC4(C3)CC(c3n[nH]c(=O)c5ccccc35)C4)cc2o1. The minimum Gasteiger partial charge on any atom is -0.441 e. The van der Waals surface area contributed by atoms with Crippen LogP contribution in [0, 0.1) is 12.3 Å². The summed E-state index contributed by atoms with van der Waals surface area (Å²) in [7, 11) is 0. The first kappa shape index (κ1) is 18.3. The molecule has 0 atom stereocenters. The number of nitrogens with zero attached hydrogens (tertiary/aromatic N) is 2. The van der Waals surface area contributed by atoms with Crippen LogP contribution in [0.4, 0.5) is 0 Å². The normalized spacial score (nSPS) is 24.8. The molecule has 7 nitrogen and oxygen atoms in total. The molecule has 2 saturated carbocycles. The number of hydrogen-bond acceptors (Lipinski definition) is 5. The molecule has 2 heterocycles. The average Bonchev–Trinajstić information content (AvgIpc) is 3.09. The topological polar surface area (TPSA) is 101 Å². The fraction of sp³-hybridized carbons (Fsp3) is 0.333. The van der Waals surface area contributed by atoms with Gasteiger partial charge in [0, 0.05) is 29.8 Å². The van der Waals surface area contributed by atoms with Gasteiger partial charge in [-0.3, -0.25) is 9.59 Å². The van der Waals surface area contributed by atoms with Crippen LogP contribution in [0.2, 0.25) is 0 Å². The number of aromatic nitrogens is 3. The van der Waals surface area contributed by atoms with E-state index in [1.54, 1.807) is 19.1 Å². The summed E-state index contributed by atoms with van der Waals surface area (Å²) in [6, 6.07) is 13.2. The molecule has 6 rings (SSSR count). The van der Waals surface area contributed by atoms with Crippen LogP contribution in [-0.2, 0) is 0 Å². The van der Waals surface area contributed by atoms with Gasteiger partial charge in [0.1, 0.15) is 5.52 Å². The van der Waals surface area contributed by atoms with Crippen molar-refractivity contribution in [3.8, 4) is 0 Å². The first-order chi connectivity index (χ1) is 15.0. The number of amides is 1. The van der Waals surface area contributed by atoms with Crippen LogP contribution < -0.4 is 10.9 Å². The molecule has 2 aromatic heterocycles. The first-order valence-electron chi connectivity index (χ1n) is 10.7. The van der Waals surface area contributed by atoms with E-state index in [0.29, 0.717) is 28.3 Å². The molecule has 4 aromatic rings. The number of H-pyrrole nitrogens is 1. The third-order valence-electron chi connectivity index (χ3n) is 6.92. The zero-order valence-corrected chi connectivity index (χ0v) is 17.1. The lowest BCUT2D eigenvalue weighted by Gasteiger charge is -2.57. The van der Waals surface area contributed by atoms with Crippen LogP contribution in [0.1, 0.15) is 53.5 Å². The van der Waals surface area contributed by atoms with E-state index < -0.39 is 0 Å². The Morgan fingerprint density at radius 2 is 1.90 bits per heavy atom. The van der Waals surface area contributed by atoms with E-state index in [-0.39, 0.29) is 22.9 Å². The number of carbonyl (C=O) groups is 1. The number of rotatable bonds is 3. The highest BCUT2D eigenvalue weighted by atomic mass is 16.3. The first-order valence-corrected chi connectivity index (χ1v) is 10.7. The molecule has 7 heteroatoms. The van der Waals surface area contributed by atoms with Crippen molar-refractivity contribution in [1.82, 2.24) is 20.5 Å². The van der Waals surface area contributed by atoms with E-state index in [9.17, 15) is 9.59 Å². The summed E-state index contributed by atoms with van der Waals surface area (Å²) in [5, 5.41) is 11.8. The summed E-state index contributed by atoms with van der Waals surface area (Å²) in [5.74, 6) is 0.883. The van der Waals surface area contributed by atoms with Crippen molar-refractivity contribution in [3.63, 3.8) is 0 Å². The number of aryl methyl sites for hydroxylation is 1. The summed E-state index contributed by atoms with van der Waals surface area (Å²) >= 11 is 0. The fourth-order valence-electron chi connectivity index (χ4n) is 5.50. The Morgan fingerprint density at radius 3 is 2.71 bits per heavy atom. The predicted octanol–water partition coefficient (Wildman–Crippen LogP) is 3.83. The van der Waals surface area contributed by atoms with Crippen molar-refractivity contribution in [1.29, 1.82) is 0 Å². The largest absolute Gasteiger partial charge is 0.441 e. The standard InChI is InChI=1S/C24H22N4O3/c1-13-25-19-7-6-14(8-20(19)31-13)22(29)26-16-11-24(12-16)9-15(10-24)21-17-4-2-3-5-18(17)23(30)28-27-21/h2-8,15-16H,9-12H2,1H3,(H,26,29)(H,28,30). The number of aromatic amines is 1. The van der Waals surface area contributed by atoms with E-state index in [2.05, 4.69) is 20.5 Å². The van der Waals surface area contributed by atoms with E-state index in [1.165, 1.54) is 0 Å². The Bertz CT molecular complexity index is 1390. The van der Waals surface area contributed by atoms with Crippen molar-refractivity contribution in [2.24, 2.45) is 5.41 Å². The molecular weight excluding hydrogens is 392 g/mol. The number of hydrogen-bond donors (Lipinski definition) is 2. The van der Waals surface area contributed by atoms with Crippen LogP contribution in [0.5, 0.6) is 0 Å². The lowest BCUT2D eigenvalue weighted by molar-refractivity contribution is -0.0196. The highest BCUT2D eigenvalue weighted by Gasteiger charge is 2.54. The van der Waals surface area contributed by atoms with Crippen molar-refractivity contribution in [2.45, 2.75) is 44.6 Å². The van der Waals surface area contributed by atoms with Gasteiger partial charge in [-0.2, -0.15) is 5.10 Å². The van der Waals surface area contributed by atoms with Crippen LogP contribution in [0.25, 0.3) is 21.9 Å². The lowest BCUT2D eigenvalue weighted by atomic mass is 9.49. The second-order valence-corrected chi connectivity index (χ2v) is 9.08. The maximum Gasteiger partial charge on any atom is 0.272 e.